The molecule has 0 spiro atoms. The highest BCUT2D eigenvalue weighted by Gasteiger charge is 2.61. The van der Waals surface area contributed by atoms with Crippen LogP contribution in [0.3, 0.4) is 0 Å². The smallest absolute Gasteiger partial charge is 0.352 e. The summed E-state index contributed by atoms with van der Waals surface area (Å²) in [6, 6.07) is 5.68. The normalized spacial score (nSPS) is 18.2. The van der Waals surface area contributed by atoms with Gasteiger partial charge in [0.2, 0.25) is 0 Å². The number of aliphatic hydroxyl groups is 1. The van der Waals surface area contributed by atoms with E-state index in [9.17, 15) is 23.1 Å². The van der Waals surface area contributed by atoms with Gasteiger partial charge in [0.25, 0.3) is 5.91 Å². The van der Waals surface area contributed by atoms with E-state index in [2.05, 4.69) is 0 Å². The average Bonchev–Trinajstić information content (AvgIpc) is 2.44. The van der Waals surface area contributed by atoms with Crippen LogP contribution in [-0.2, 0) is 4.79 Å². The summed E-state index contributed by atoms with van der Waals surface area (Å²) in [5.74, 6) is -5.98. The van der Waals surface area contributed by atoms with Gasteiger partial charge >= 0.3 is 5.92 Å². The number of carbonyl (C=O) groups excluding carboxylic acids is 1. The quantitative estimate of drug-likeness (QED) is 0.846. The molecule has 1 aromatic carbocycles. The third-order valence-electron chi connectivity index (χ3n) is 3.77. The first kappa shape index (κ1) is 16.6. The minimum atomic E-state index is -3.84. The largest absolute Gasteiger partial charge is 0.486 e. The Kier molecular flexibility index (Phi) is 4.65. The first-order valence-corrected chi connectivity index (χ1v) is 7.06. The van der Waals surface area contributed by atoms with Gasteiger partial charge in [0.05, 0.1) is 6.54 Å². The number of nitrogens with one attached hydrogen (secondary N) is 1. The van der Waals surface area contributed by atoms with Crippen molar-refractivity contribution >= 4 is 5.91 Å². The van der Waals surface area contributed by atoms with Crippen LogP contribution in [0.4, 0.5) is 13.2 Å². The van der Waals surface area contributed by atoms with Gasteiger partial charge in [-0.2, -0.15) is 8.78 Å². The number of benzene rings is 1. The van der Waals surface area contributed by atoms with Crippen molar-refractivity contribution < 1.29 is 27.8 Å². The highest BCUT2D eigenvalue weighted by atomic mass is 19.3. The monoisotopic (exact) mass is 317 g/mol. The molecule has 0 radical (unpaired) electrons. The summed E-state index contributed by atoms with van der Waals surface area (Å²) >= 11 is 0. The number of hydrogen-bond acceptors (Lipinski definition) is 3. The zero-order valence-corrected chi connectivity index (χ0v) is 12.1. The molecule has 0 aliphatic heterocycles. The van der Waals surface area contributed by atoms with E-state index in [1.807, 2.05) is 5.32 Å². The Morgan fingerprint density at radius 2 is 2.09 bits per heavy atom. The van der Waals surface area contributed by atoms with Crippen LogP contribution in [0.25, 0.3) is 0 Å². The molecule has 1 saturated carbocycles. The number of alkyl halides is 2. The van der Waals surface area contributed by atoms with Crippen LogP contribution in [0.15, 0.2) is 24.3 Å². The summed E-state index contributed by atoms with van der Waals surface area (Å²) < 4.78 is 46.3. The molecule has 1 aliphatic carbocycles. The van der Waals surface area contributed by atoms with Gasteiger partial charge in [-0.1, -0.05) is 12.1 Å². The fourth-order valence-electron chi connectivity index (χ4n) is 2.18. The van der Waals surface area contributed by atoms with Gasteiger partial charge in [0, 0.05) is 0 Å². The van der Waals surface area contributed by atoms with Gasteiger partial charge in [-0.3, -0.25) is 4.79 Å². The molecule has 0 heterocycles. The second-order valence-electron chi connectivity index (χ2n) is 5.53. The van der Waals surface area contributed by atoms with Gasteiger partial charge in [-0.05, 0) is 38.3 Å². The maximum Gasteiger partial charge on any atom is 0.352 e. The molecule has 1 atom stereocenters. The number of halogens is 3. The first-order valence-electron chi connectivity index (χ1n) is 7.06. The lowest BCUT2D eigenvalue weighted by Crippen LogP contribution is -2.61. The third kappa shape index (κ3) is 3.19. The Bertz CT molecular complexity index is 547. The highest BCUT2D eigenvalue weighted by molar-refractivity contribution is 5.85. The lowest BCUT2D eigenvalue weighted by Gasteiger charge is -2.41. The van der Waals surface area contributed by atoms with Gasteiger partial charge in [-0.15, -0.1) is 0 Å². The first-order chi connectivity index (χ1) is 10.3. The Balaban J connectivity index is 1.87. The van der Waals surface area contributed by atoms with Gasteiger partial charge < -0.3 is 15.2 Å². The Hall–Kier alpha value is -1.76. The van der Waals surface area contributed by atoms with E-state index in [1.165, 1.54) is 25.1 Å². The lowest BCUT2D eigenvalue weighted by molar-refractivity contribution is -0.216. The molecule has 122 valence electrons. The maximum atomic E-state index is 13.8. The SMILES string of the molecule is CC(CNC(=O)C(F)(F)C1(O)CCC1)Oc1ccccc1F. The van der Waals surface area contributed by atoms with Crippen LogP contribution in [-0.4, -0.2) is 35.2 Å². The second-order valence-corrected chi connectivity index (χ2v) is 5.53. The Morgan fingerprint density at radius 1 is 1.45 bits per heavy atom. The molecule has 22 heavy (non-hydrogen) atoms. The predicted molar refractivity (Wildman–Crippen MR) is 73.2 cm³/mol. The maximum absolute atomic E-state index is 13.8. The Morgan fingerprint density at radius 3 is 2.64 bits per heavy atom. The van der Waals surface area contributed by atoms with E-state index in [0.717, 1.165) is 0 Å². The molecule has 1 aromatic rings. The van der Waals surface area contributed by atoms with Crippen molar-refractivity contribution in [2.45, 2.75) is 43.8 Å². The van der Waals surface area contributed by atoms with Gasteiger partial charge in [0.1, 0.15) is 11.7 Å². The summed E-state index contributed by atoms with van der Waals surface area (Å²) in [5.41, 5.74) is -2.26. The van der Waals surface area contributed by atoms with Crippen LogP contribution in [0.2, 0.25) is 0 Å². The third-order valence-corrected chi connectivity index (χ3v) is 3.77. The minimum absolute atomic E-state index is 0.0198. The summed E-state index contributed by atoms with van der Waals surface area (Å²) in [5, 5.41) is 11.7. The second kappa shape index (κ2) is 6.16. The number of rotatable bonds is 6. The van der Waals surface area contributed by atoms with Crippen molar-refractivity contribution in [2.24, 2.45) is 0 Å². The van der Waals surface area contributed by atoms with Crippen LogP contribution >= 0.6 is 0 Å². The van der Waals surface area contributed by atoms with E-state index in [4.69, 9.17) is 4.74 Å². The molecular formula is C15H18F3NO3. The van der Waals surface area contributed by atoms with Crippen molar-refractivity contribution in [1.82, 2.24) is 5.32 Å². The minimum Gasteiger partial charge on any atom is -0.486 e. The van der Waals surface area contributed by atoms with Crippen LogP contribution in [0.5, 0.6) is 5.75 Å². The molecule has 0 aromatic heterocycles. The molecule has 0 bridgehead atoms. The number of carbonyl (C=O) groups is 1. The number of para-hydroxylation sites is 1. The number of amides is 1. The molecule has 0 saturated heterocycles. The summed E-state index contributed by atoms with van der Waals surface area (Å²) in [7, 11) is 0. The molecule has 4 nitrogen and oxygen atoms in total. The zero-order valence-electron chi connectivity index (χ0n) is 12.1. The molecule has 1 unspecified atom stereocenters. The molecule has 2 N–H and O–H groups in total. The van der Waals surface area contributed by atoms with E-state index in [0.29, 0.717) is 6.42 Å². The van der Waals surface area contributed by atoms with Crippen molar-refractivity contribution in [1.29, 1.82) is 0 Å². The fourth-order valence-corrected chi connectivity index (χ4v) is 2.18. The average molecular weight is 317 g/mol. The van der Waals surface area contributed by atoms with E-state index in [-0.39, 0.29) is 25.1 Å². The van der Waals surface area contributed by atoms with Crippen molar-refractivity contribution in [3.05, 3.63) is 30.1 Å². The van der Waals surface area contributed by atoms with Crippen molar-refractivity contribution in [2.75, 3.05) is 6.54 Å². The lowest BCUT2D eigenvalue weighted by atomic mass is 9.75. The fraction of sp³-hybridized carbons (Fsp3) is 0.533. The standard InChI is InChI=1S/C15H18F3NO3/c1-10(22-12-6-3-2-5-11(12)16)9-19-13(20)15(17,18)14(21)7-4-8-14/h2-3,5-6,10,21H,4,7-9H2,1H3,(H,19,20). The van der Waals surface area contributed by atoms with E-state index < -0.39 is 29.4 Å². The topological polar surface area (TPSA) is 58.6 Å². The molecule has 7 heteroatoms. The van der Waals surface area contributed by atoms with Gasteiger partial charge in [-0.25, -0.2) is 4.39 Å². The molecule has 1 amide bonds. The van der Waals surface area contributed by atoms with Gasteiger partial charge in [0.15, 0.2) is 11.6 Å². The van der Waals surface area contributed by atoms with E-state index >= 15 is 0 Å². The van der Waals surface area contributed by atoms with Crippen LogP contribution in [0, 0.1) is 5.82 Å². The highest BCUT2D eigenvalue weighted by Crippen LogP contribution is 2.44. The summed E-state index contributed by atoms with van der Waals surface area (Å²) in [6.45, 7) is 1.29. The van der Waals surface area contributed by atoms with Crippen LogP contribution < -0.4 is 10.1 Å². The molecule has 1 aliphatic rings. The van der Waals surface area contributed by atoms with Crippen molar-refractivity contribution in [3.8, 4) is 5.75 Å². The van der Waals surface area contributed by atoms with Crippen molar-refractivity contribution in [3.63, 3.8) is 0 Å². The summed E-state index contributed by atoms with van der Waals surface area (Å²) in [6.07, 6.45) is -0.442. The number of hydrogen-bond donors (Lipinski definition) is 2. The molecule has 2 rings (SSSR count). The molecular weight excluding hydrogens is 299 g/mol. The number of ether oxygens (including phenoxy) is 1. The zero-order chi connectivity index (χ0) is 16.4. The predicted octanol–water partition coefficient (Wildman–Crippen LogP) is 2.26. The van der Waals surface area contributed by atoms with E-state index in [1.54, 1.807) is 6.07 Å². The molecule has 1 fully saturated rings. The van der Waals surface area contributed by atoms with Crippen LogP contribution in [0.1, 0.15) is 26.2 Å². The summed E-state index contributed by atoms with van der Waals surface area (Å²) in [4.78, 5) is 11.6. The Labute approximate surface area is 126 Å².